The Morgan fingerprint density at radius 1 is 1.35 bits per heavy atom. The molecule has 0 aliphatic rings. The molecule has 1 aromatic heterocycles. The van der Waals surface area contributed by atoms with Crippen molar-refractivity contribution in [2.24, 2.45) is 5.73 Å². The van der Waals surface area contributed by atoms with Crippen LogP contribution in [0.2, 0.25) is 0 Å². The van der Waals surface area contributed by atoms with E-state index in [4.69, 9.17) is 16.2 Å². The molecular formula is C14H16N4O2. The molecule has 0 saturated carbocycles. The van der Waals surface area contributed by atoms with Crippen LogP contribution in [-0.4, -0.2) is 18.0 Å². The Hall–Kier alpha value is -2.76. The monoisotopic (exact) mass is 272 g/mol. The van der Waals surface area contributed by atoms with Crippen LogP contribution in [0.25, 0.3) is 0 Å². The van der Waals surface area contributed by atoms with Gasteiger partial charge < -0.3 is 21.5 Å². The topological polar surface area (TPSA) is 103 Å². The van der Waals surface area contributed by atoms with Gasteiger partial charge in [-0.25, -0.2) is 0 Å². The van der Waals surface area contributed by atoms with Gasteiger partial charge in [0.25, 0.3) is 5.91 Å². The number of hydrogen-bond donors (Lipinski definition) is 3. The second kappa shape index (κ2) is 5.92. The number of primary amides is 1. The fraction of sp³-hybridized carbons (Fsp3) is 0.143. The summed E-state index contributed by atoms with van der Waals surface area (Å²) in [5.74, 6) is 0.186. The number of carbonyl (C=O) groups excluding carboxylic acids is 1. The number of nitrogens with one attached hydrogen (secondary N) is 1. The minimum atomic E-state index is -0.560. The Balaban J connectivity index is 2.14. The number of amides is 1. The molecule has 0 aliphatic carbocycles. The maximum absolute atomic E-state index is 11.1. The van der Waals surface area contributed by atoms with Crippen molar-refractivity contribution in [1.29, 1.82) is 0 Å². The van der Waals surface area contributed by atoms with E-state index in [9.17, 15) is 4.79 Å². The number of hydrogen-bond acceptors (Lipinski definition) is 5. The Labute approximate surface area is 116 Å². The number of ether oxygens (including phenoxy) is 1. The lowest BCUT2D eigenvalue weighted by Crippen LogP contribution is -2.13. The zero-order valence-corrected chi connectivity index (χ0v) is 11.1. The molecule has 0 aliphatic heterocycles. The first-order valence-electron chi connectivity index (χ1n) is 6.02. The maximum atomic E-state index is 11.1. The minimum Gasteiger partial charge on any atom is -0.496 e. The molecule has 6 nitrogen and oxygen atoms in total. The van der Waals surface area contributed by atoms with E-state index in [1.54, 1.807) is 25.3 Å². The van der Waals surface area contributed by atoms with Crippen LogP contribution in [0.5, 0.6) is 5.75 Å². The molecule has 20 heavy (non-hydrogen) atoms. The van der Waals surface area contributed by atoms with Crippen molar-refractivity contribution in [1.82, 2.24) is 4.98 Å². The van der Waals surface area contributed by atoms with Crippen molar-refractivity contribution in [3.05, 3.63) is 47.8 Å². The van der Waals surface area contributed by atoms with Crippen LogP contribution in [0, 0.1) is 0 Å². The van der Waals surface area contributed by atoms with E-state index in [0.29, 0.717) is 12.2 Å². The summed E-state index contributed by atoms with van der Waals surface area (Å²) in [5, 5.41) is 3.17. The third-order valence-corrected chi connectivity index (χ3v) is 2.80. The van der Waals surface area contributed by atoms with Crippen molar-refractivity contribution in [2.75, 3.05) is 18.2 Å². The number of nitrogens with two attached hydrogens (primary N) is 2. The number of rotatable bonds is 5. The molecule has 0 radical (unpaired) electrons. The smallest absolute Gasteiger partial charge is 0.267 e. The summed E-state index contributed by atoms with van der Waals surface area (Å²) in [6.45, 7) is 0.510. The summed E-state index contributed by atoms with van der Waals surface area (Å²) in [6, 6.07) is 8.78. The third-order valence-electron chi connectivity index (χ3n) is 2.80. The molecule has 1 aromatic carbocycles. The molecule has 6 heteroatoms. The molecule has 2 rings (SSSR count). The first kappa shape index (κ1) is 13.7. The Kier molecular flexibility index (Phi) is 4.05. The standard InChI is InChI=1S/C14H16N4O2/c1-20-13-3-2-10(15)6-9(13)8-18-11-4-5-17-12(7-11)14(16)19/h2-7H,8,15H2,1H3,(H2,16,19)(H,17,18). The SMILES string of the molecule is COc1ccc(N)cc1CNc1ccnc(C(N)=O)c1. The van der Waals surface area contributed by atoms with Gasteiger partial charge in [0.15, 0.2) is 0 Å². The van der Waals surface area contributed by atoms with Gasteiger partial charge in [0.1, 0.15) is 11.4 Å². The van der Waals surface area contributed by atoms with E-state index >= 15 is 0 Å². The van der Waals surface area contributed by atoms with E-state index in [1.165, 1.54) is 6.20 Å². The molecule has 0 fully saturated rings. The number of nitrogen functional groups attached to an aromatic ring is 1. The van der Waals surface area contributed by atoms with E-state index in [2.05, 4.69) is 10.3 Å². The van der Waals surface area contributed by atoms with Crippen LogP contribution in [0.15, 0.2) is 36.5 Å². The molecule has 104 valence electrons. The van der Waals surface area contributed by atoms with Gasteiger partial charge in [-0.3, -0.25) is 9.78 Å². The van der Waals surface area contributed by atoms with Crippen LogP contribution >= 0.6 is 0 Å². The Morgan fingerprint density at radius 2 is 2.15 bits per heavy atom. The molecule has 0 atom stereocenters. The van der Waals surface area contributed by atoms with Crippen LogP contribution in [0.4, 0.5) is 11.4 Å². The van der Waals surface area contributed by atoms with Gasteiger partial charge in [0.05, 0.1) is 7.11 Å². The zero-order chi connectivity index (χ0) is 14.5. The lowest BCUT2D eigenvalue weighted by atomic mass is 10.1. The lowest BCUT2D eigenvalue weighted by Gasteiger charge is -2.11. The average Bonchev–Trinajstić information content (AvgIpc) is 2.45. The van der Waals surface area contributed by atoms with Gasteiger partial charge in [-0.2, -0.15) is 0 Å². The highest BCUT2D eigenvalue weighted by molar-refractivity contribution is 5.91. The van der Waals surface area contributed by atoms with Gasteiger partial charge in [-0.1, -0.05) is 0 Å². The van der Waals surface area contributed by atoms with E-state index < -0.39 is 5.91 Å². The van der Waals surface area contributed by atoms with Crippen molar-refractivity contribution in [2.45, 2.75) is 6.54 Å². The molecular weight excluding hydrogens is 256 g/mol. The molecule has 0 spiro atoms. The molecule has 1 amide bonds. The van der Waals surface area contributed by atoms with Gasteiger partial charge in [0, 0.05) is 29.7 Å². The fourth-order valence-corrected chi connectivity index (χ4v) is 1.81. The summed E-state index contributed by atoms with van der Waals surface area (Å²) in [6.07, 6.45) is 1.53. The highest BCUT2D eigenvalue weighted by atomic mass is 16.5. The number of benzene rings is 1. The fourth-order valence-electron chi connectivity index (χ4n) is 1.81. The quantitative estimate of drug-likeness (QED) is 0.713. The Morgan fingerprint density at radius 3 is 2.85 bits per heavy atom. The summed E-state index contributed by atoms with van der Waals surface area (Å²) >= 11 is 0. The van der Waals surface area contributed by atoms with Crippen molar-refractivity contribution < 1.29 is 9.53 Å². The van der Waals surface area contributed by atoms with Crippen LogP contribution in [0.3, 0.4) is 0 Å². The number of aromatic nitrogens is 1. The van der Waals surface area contributed by atoms with Gasteiger partial charge in [-0.05, 0) is 30.3 Å². The molecule has 1 heterocycles. The van der Waals surface area contributed by atoms with Crippen LogP contribution < -0.4 is 21.5 Å². The summed E-state index contributed by atoms with van der Waals surface area (Å²) < 4.78 is 5.27. The van der Waals surface area contributed by atoms with Gasteiger partial charge in [0.2, 0.25) is 0 Å². The van der Waals surface area contributed by atoms with Crippen LogP contribution in [-0.2, 0) is 6.54 Å². The number of carbonyl (C=O) groups is 1. The predicted octanol–water partition coefficient (Wildman–Crippen LogP) is 1.38. The number of anilines is 2. The zero-order valence-electron chi connectivity index (χ0n) is 11.1. The van der Waals surface area contributed by atoms with Crippen molar-refractivity contribution >= 4 is 17.3 Å². The van der Waals surface area contributed by atoms with Gasteiger partial charge in [-0.15, -0.1) is 0 Å². The second-order valence-corrected chi connectivity index (χ2v) is 4.22. The summed E-state index contributed by atoms with van der Waals surface area (Å²) in [7, 11) is 1.60. The molecule has 0 bridgehead atoms. The summed E-state index contributed by atoms with van der Waals surface area (Å²) in [5.41, 5.74) is 13.5. The molecule has 2 aromatic rings. The second-order valence-electron chi connectivity index (χ2n) is 4.22. The van der Waals surface area contributed by atoms with E-state index in [0.717, 1.165) is 17.0 Å². The first-order valence-corrected chi connectivity index (χ1v) is 6.02. The first-order chi connectivity index (χ1) is 9.60. The summed E-state index contributed by atoms with van der Waals surface area (Å²) in [4.78, 5) is 15.0. The molecule has 0 saturated heterocycles. The van der Waals surface area contributed by atoms with E-state index in [1.807, 2.05) is 12.1 Å². The van der Waals surface area contributed by atoms with Crippen LogP contribution in [0.1, 0.15) is 16.1 Å². The van der Waals surface area contributed by atoms with Gasteiger partial charge >= 0.3 is 0 Å². The highest BCUT2D eigenvalue weighted by Gasteiger charge is 2.05. The number of methoxy groups -OCH3 is 1. The van der Waals surface area contributed by atoms with Crippen molar-refractivity contribution in [3.8, 4) is 5.75 Å². The maximum Gasteiger partial charge on any atom is 0.267 e. The molecule has 0 unspecified atom stereocenters. The highest BCUT2D eigenvalue weighted by Crippen LogP contribution is 2.22. The largest absolute Gasteiger partial charge is 0.496 e. The lowest BCUT2D eigenvalue weighted by molar-refractivity contribution is 0.0995. The number of nitrogens with zero attached hydrogens (tertiary/aromatic N) is 1. The van der Waals surface area contributed by atoms with E-state index in [-0.39, 0.29) is 5.69 Å². The Bertz CT molecular complexity index is 628. The minimum absolute atomic E-state index is 0.217. The molecule has 5 N–H and O–H groups in total. The number of pyridine rings is 1. The predicted molar refractivity (Wildman–Crippen MR) is 77.5 cm³/mol. The van der Waals surface area contributed by atoms with Crippen molar-refractivity contribution in [3.63, 3.8) is 0 Å². The normalized spacial score (nSPS) is 10.1. The third kappa shape index (κ3) is 3.17. The average molecular weight is 272 g/mol.